The Bertz CT molecular complexity index is 1190. The lowest BCUT2D eigenvalue weighted by Gasteiger charge is -2.33. The molecule has 0 saturated carbocycles. The van der Waals surface area contributed by atoms with Crippen LogP contribution in [0.1, 0.15) is 42.3 Å². The van der Waals surface area contributed by atoms with E-state index in [0.717, 1.165) is 25.8 Å². The zero-order chi connectivity index (χ0) is 22.7. The number of benzene rings is 1. The van der Waals surface area contributed by atoms with E-state index in [1.54, 1.807) is 36.6 Å². The number of aromatic nitrogens is 2. The number of amides is 1. The van der Waals surface area contributed by atoms with Crippen molar-refractivity contribution in [3.63, 3.8) is 0 Å². The number of hydrogen-bond acceptors (Lipinski definition) is 7. The lowest BCUT2D eigenvalue weighted by Crippen LogP contribution is -2.43. The van der Waals surface area contributed by atoms with Crippen LogP contribution >= 0.6 is 11.8 Å². The molecule has 1 unspecified atom stereocenters. The van der Waals surface area contributed by atoms with Gasteiger partial charge in [-0.15, -0.1) is 0 Å². The monoisotopic (exact) mass is 455 g/mol. The third kappa shape index (κ3) is 4.57. The fraction of sp³-hybridized carbons (Fsp3) is 0.391. The molecule has 0 bridgehead atoms. The fourth-order valence-electron chi connectivity index (χ4n) is 3.93. The van der Waals surface area contributed by atoms with Crippen LogP contribution in [-0.4, -0.2) is 51.8 Å². The maximum atomic E-state index is 13.3. The Labute approximate surface area is 189 Å². The molecule has 0 spiro atoms. The van der Waals surface area contributed by atoms with Gasteiger partial charge in [0, 0.05) is 12.6 Å². The molecule has 1 atom stereocenters. The molecule has 8 nitrogen and oxygen atoms in total. The van der Waals surface area contributed by atoms with Crippen LogP contribution in [0.3, 0.4) is 0 Å². The summed E-state index contributed by atoms with van der Waals surface area (Å²) >= 11 is 1.22. The summed E-state index contributed by atoms with van der Waals surface area (Å²) < 4.78 is 11.7. The topological polar surface area (TPSA) is 94.6 Å². The third-order valence-corrected chi connectivity index (χ3v) is 6.64. The number of rotatable bonds is 6. The van der Waals surface area contributed by atoms with Crippen molar-refractivity contribution < 1.29 is 18.7 Å². The van der Waals surface area contributed by atoms with E-state index >= 15 is 0 Å². The second kappa shape index (κ2) is 9.60. The van der Waals surface area contributed by atoms with Gasteiger partial charge in [-0.25, -0.2) is 9.78 Å². The highest BCUT2D eigenvalue weighted by atomic mass is 32.2. The number of methoxy groups -OCH3 is 1. The third-order valence-electron chi connectivity index (χ3n) is 5.68. The molecular weight excluding hydrogens is 430 g/mol. The first-order chi connectivity index (χ1) is 15.5. The van der Waals surface area contributed by atoms with E-state index in [0.29, 0.717) is 27.4 Å². The summed E-state index contributed by atoms with van der Waals surface area (Å²) in [6.07, 6.45) is 4.69. The van der Waals surface area contributed by atoms with E-state index in [1.165, 1.54) is 23.4 Å². The van der Waals surface area contributed by atoms with Crippen LogP contribution in [0.25, 0.3) is 10.9 Å². The predicted molar refractivity (Wildman–Crippen MR) is 121 cm³/mol. The summed E-state index contributed by atoms with van der Waals surface area (Å²) in [5.41, 5.74) is 0.434. The van der Waals surface area contributed by atoms with Crippen molar-refractivity contribution in [1.29, 1.82) is 0 Å². The molecule has 0 radical (unpaired) electrons. The summed E-state index contributed by atoms with van der Waals surface area (Å²) in [7, 11) is 1.30. The van der Waals surface area contributed by atoms with Crippen molar-refractivity contribution in [2.75, 3.05) is 19.4 Å². The molecule has 3 aromatic rings. The van der Waals surface area contributed by atoms with Crippen LogP contribution in [0.2, 0.25) is 0 Å². The molecule has 4 rings (SSSR count). The Morgan fingerprint density at radius 2 is 2.12 bits per heavy atom. The number of piperidine rings is 1. The molecule has 32 heavy (non-hydrogen) atoms. The van der Waals surface area contributed by atoms with Crippen LogP contribution < -0.4 is 5.56 Å². The Hall–Kier alpha value is -3.07. The molecular formula is C23H25N3O5S. The molecule has 9 heteroatoms. The average molecular weight is 456 g/mol. The summed E-state index contributed by atoms with van der Waals surface area (Å²) in [5, 5.41) is 0.781. The standard InChI is InChI=1S/C23H25N3O5S/c1-15-6-3-4-10-25(15)20(27)14-32-23-24-19-12-16(22(29)30-2)8-9-18(19)21(28)26(23)13-17-7-5-11-31-17/h5,7-9,11-12,15H,3-4,6,10,13-14H2,1-2H3. The number of esters is 1. The molecule has 168 valence electrons. The first kappa shape index (κ1) is 22.1. The molecule has 1 aliphatic rings. The maximum Gasteiger partial charge on any atom is 0.337 e. The van der Waals surface area contributed by atoms with Crippen LogP contribution in [-0.2, 0) is 16.1 Å². The van der Waals surface area contributed by atoms with Gasteiger partial charge in [0.15, 0.2) is 5.16 Å². The van der Waals surface area contributed by atoms with Crippen molar-refractivity contribution in [3.8, 4) is 0 Å². The quantitative estimate of drug-likeness (QED) is 0.320. The summed E-state index contributed by atoms with van der Waals surface area (Å²) in [4.78, 5) is 44.6. The number of ether oxygens (including phenoxy) is 1. The smallest absolute Gasteiger partial charge is 0.337 e. The van der Waals surface area contributed by atoms with Gasteiger partial charge in [-0.2, -0.15) is 0 Å². The number of fused-ring (bicyclic) bond motifs is 1. The van der Waals surface area contributed by atoms with Crippen molar-refractivity contribution in [2.45, 2.75) is 43.9 Å². The van der Waals surface area contributed by atoms with Gasteiger partial charge in [-0.05, 0) is 56.5 Å². The van der Waals surface area contributed by atoms with Crippen LogP contribution in [0.15, 0.2) is 51.0 Å². The Kier molecular flexibility index (Phi) is 6.64. The predicted octanol–water partition coefficient (Wildman–Crippen LogP) is 3.32. The fourth-order valence-corrected chi connectivity index (χ4v) is 4.82. The maximum absolute atomic E-state index is 13.3. The molecule has 1 saturated heterocycles. The zero-order valence-corrected chi connectivity index (χ0v) is 18.9. The van der Waals surface area contributed by atoms with Crippen molar-refractivity contribution in [3.05, 3.63) is 58.3 Å². The molecule has 0 N–H and O–H groups in total. The number of carbonyl (C=O) groups is 2. The Balaban J connectivity index is 1.69. The number of nitrogens with zero attached hydrogens (tertiary/aromatic N) is 3. The van der Waals surface area contributed by atoms with Crippen LogP contribution in [0.5, 0.6) is 0 Å². The minimum atomic E-state index is -0.503. The number of likely N-dealkylation sites (tertiary alicyclic amines) is 1. The zero-order valence-electron chi connectivity index (χ0n) is 18.1. The molecule has 2 aromatic heterocycles. The number of carbonyl (C=O) groups excluding carboxylic acids is 2. The summed E-state index contributed by atoms with van der Waals surface area (Å²) in [6, 6.07) is 8.41. The molecule has 0 aliphatic carbocycles. The first-order valence-electron chi connectivity index (χ1n) is 10.6. The van der Waals surface area contributed by atoms with Gasteiger partial charge in [-0.3, -0.25) is 14.2 Å². The molecule has 1 fully saturated rings. The molecule has 1 aliphatic heterocycles. The van der Waals surface area contributed by atoms with Crippen molar-refractivity contribution in [2.24, 2.45) is 0 Å². The van der Waals surface area contributed by atoms with Crippen LogP contribution in [0, 0.1) is 0 Å². The number of hydrogen-bond donors (Lipinski definition) is 0. The van der Waals surface area contributed by atoms with Crippen molar-refractivity contribution >= 4 is 34.5 Å². The average Bonchev–Trinajstić information content (AvgIpc) is 3.32. The Morgan fingerprint density at radius 3 is 2.84 bits per heavy atom. The second-order valence-electron chi connectivity index (χ2n) is 7.81. The van der Waals surface area contributed by atoms with Gasteiger partial charge in [-0.1, -0.05) is 11.8 Å². The largest absolute Gasteiger partial charge is 0.467 e. The minimum Gasteiger partial charge on any atom is -0.467 e. The number of furan rings is 1. The normalized spacial score (nSPS) is 16.3. The minimum absolute atomic E-state index is 0.0319. The van der Waals surface area contributed by atoms with Gasteiger partial charge in [0.25, 0.3) is 5.56 Å². The Morgan fingerprint density at radius 1 is 1.28 bits per heavy atom. The molecule has 1 aromatic carbocycles. The lowest BCUT2D eigenvalue weighted by atomic mass is 10.0. The lowest BCUT2D eigenvalue weighted by molar-refractivity contribution is -0.131. The highest BCUT2D eigenvalue weighted by Crippen LogP contribution is 2.23. The number of thioether (sulfide) groups is 1. The highest BCUT2D eigenvalue weighted by Gasteiger charge is 2.24. The van der Waals surface area contributed by atoms with Gasteiger partial charge >= 0.3 is 5.97 Å². The van der Waals surface area contributed by atoms with Gasteiger partial charge < -0.3 is 14.1 Å². The first-order valence-corrected chi connectivity index (χ1v) is 11.5. The summed E-state index contributed by atoms with van der Waals surface area (Å²) in [6.45, 7) is 3.02. The van der Waals surface area contributed by atoms with E-state index in [9.17, 15) is 14.4 Å². The highest BCUT2D eigenvalue weighted by molar-refractivity contribution is 7.99. The van der Waals surface area contributed by atoms with E-state index in [-0.39, 0.29) is 29.8 Å². The van der Waals surface area contributed by atoms with E-state index in [2.05, 4.69) is 11.9 Å². The van der Waals surface area contributed by atoms with Crippen LogP contribution in [0.4, 0.5) is 0 Å². The van der Waals surface area contributed by atoms with Crippen molar-refractivity contribution in [1.82, 2.24) is 14.5 Å². The van der Waals surface area contributed by atoms with Gasteiger partial charge in [0.05, 0.1) is 42.1 Å². The van der Waals surface area contributed by atoms with Gasteiger partial charge in [0.1, 0.15) is 5.76 Å². The molecule has 3 heterocycles. The SMILES string of the molecule is COC(=O)c1ccc2c(=O)n(Cc3ccco3)c(SCC(=O)N3CCCCC3C)nc2c1. The van der Waals surface area contributed by atoms with E-state index < -0.39 is 5.97 Å². The second-order valence-corrected chi connectivity index (χ2v) is 8.75. The van der Waals surface area contributed by atoms with E-state index in [1.807, 2.05) is 4.90 Å². The van der Waals surface area contributed by atoms with Gasteiger partial charge in [0.2, 0.25) is 5.91 Å². The van der Waals surface area contributed by atoms with E-state index in [4.69, 9.17) is 9.15 Å². The molecule has 1 amide bonds. The summed E-state index contributed by atoms with van der Waals surface area (Å²) in [5.74, 6) is 0.315.